The summed E-state index contributed by atoms with van der Waals surface area (Å²) < 4.78 is 0. The fraction of sp³-hybridized carbons (Fsp3) is 0.556. The summed E-state index contributed by atoms with van der Waals surface area (Å²) in [6.45, 7) is 26.6. The van der Waals surface area contributed by atoms with Crippen LogP contribution in [0.2, 0.25) is 0 Å². The molecule has 3 aliphatic carbocycles. The smallest absolute Gasteiger partial charge is 0 e. The molecule has 3 rings (SSSR count). The van der Waals surface area contributed by atoms with Gasteiger partial charge in [0.15, 0.2) is 0 Å². The second kappa shape index (κ2) is 11.8. The molecule has 1 heteroatoms. The molecule has 0 fully saturated rings. The summed E-state index contributed by atoms with van der Waals surface area (Å²) in [6, 6.07) is 0. The molecule has 0 aromatic heterocycles. The van der Waals surface area contributed by atoms with Crippen molar-refractivity contribution in [2.45, 2.75) is 102 Å². The van der Waals surface area contributed by atoms with Crippen LogP contribution in [0.1, 0.15) is 102 Å². The first-order chi connectivity index (χ1) is 12.4. The van der Waals surface area contributed by atoms with E-state index < -0.39 is 0 Å². The summed E-state index contributed by atoms with van der Waals surface area (Å²) >= 11 is 0. The fourth-order valence-electron chi connectivity index (χ4n) is 3.91. The second-order valence-corrected chi connectivity index (χ2v) is 8.96. The molecule has 0 atom stereocenters. The van der Waals surface area contributed by atoms with E-state index in [2.05, 4.69) is 83.1 Å². The van der Waals surface area contributed by atoms with Crippen LogP contribution < -0.4 is 0 Å². The molecule has 1 radical (unpaired) electrons. The van der Waals surface area contributed by atoms with Crippen LogP contribution >= 0.6 is 0 Å². The Morgan fingerprint density at radius 1 is 0.286 bits per heavy atom. The average Bonchev–Trinajstić information content (AvgIpc) is 3.07. The summed E-state index contributed by atoms with van der Waals surface area (Å²) in [7, 11) is 0. The van der Waals surface area contributed by atoms with Crippen molar-refractivity contribution in [1.29, 1.82) is 0 Å². The van der Waals surface area contributed by atoms with Gasteiger partial charge >= 0.3 is 0 Å². The van der Waals surface area contributed by atoms with Crippen molar-refractivity contribution in [3.63, 3.8) is 0 Å². The molecule has 28 heavy (non-hydrogen) atoms. The van der Waals surface area contributed by atoms with Gasteiger partial charge in [0.25, 0.3) is 0 Å². The molecule has 0 heterocycles. The van der Waals surface area contributed by atoms with Crippen LogP contribution in [0.15, 0.2) is 66.9 Å². The minimum absolute atomic E-state index is 0. The SMILES string of the molecule is CC1=C(C)C(C)=C(C)C1.CC1=C(C)C(C)=C(C)C1.CC1=C(C)C(C)=C(C)C1.[Tb]. The van der Waals surface area contributed by atoms with Crippen LogP contribution in [-0.2, 0) is 0 Å². The van der Waals surface area contributed by atoms with Gasteiger partial charge in [-0.3, -0.25) is 0 Å². The van der Waals surface area contributed by atoms with Gasteiger partial charge in [-0.15, -0.1) is 0 Å². The zero-order valence-corrected chi connectivity index (χ0v) is 22.6. The monoisotopic (exact) mass is 525 g/mol. The van der Waals surface area contributed by atoms with Gasteiger partial charge in [-0.25, -0.2) is 0 Å². The van der Waals surface area contributed by atoms with E-state index in [1.165, 1.54) is 52.7 Å². The number of allylic oxidation sites excluding steroid dienone is 12. The molecule has 0 saturated heterocycles. The summed E-state index contributed by atoms with van der Waals surface area (Å²) in [5.74, 6) is 0. The Balaban J connectivity index is 0.000000384. The molecule has 0 spiro atoms. The van der Waals surface area contributed by atoms with E-state index in [-0.39, 0.29) is 38.6 Å². The first kappa shape index (κ1) is 27.7. The third kappa shape index (κ3) is 6.90. The Kier molecular flexibility index (Phi) is 11.7. The number of hydrogen-bond acceptors (Lipinski definition) is 0. The van der Waals surface area contributed by atoms with Gasteiger partial charge in [-0.05, 0) is 136 Å². The van der Waals surface area contributed by atoms with Gasteiger partial charge in [0, 0.05) is 38.6 Å². The molecule has 0 saturated carbocycles. The van der Waals surface area contributed by atoms with Crippen LogP contribution in [0.3, 0.4) is 0 Å². The average molecular weight is 526 g/mol. The van der Waals surface area contributed by atoms with Crippen molar-refractivity contribution in [3.05, 3.63) is 66.9 Å². The molecule has 0 bridgehead atoms. The van der Waals surface area contributed by atoms with E-state index in [9.17, 15) is 0 Å². The minimum Gasteiger partial charge on any atom is -0.0661 e. The normalized spacial score (nSPS) is 19.3. The Labute approximate surface area is 206 Å². The third-order valence-corrected chi connectivity index (χ3v) is 7.12. The van der Waals surface area contributed by atoms with E-state index >= 15 is 0 Å². The Morgan fingerprint density at radius 3 is 0.429 bits per heavy atom. The zero-order chi connectivity index (χ0) is 21.0. The van der Waals surface area contributed by atoms with Crippen molar-refractivity contribution in [1.82, 2.24) is 0 Å². The number of rotatable bonds is 0. The standard InChI is InChI=1S/3C9H14.Tb/c3*1-6-5-7(2)9(4)8(6)3;/h3*5H2,1-4H3;. The van der Waals surface area contributed by atoms with E-state index in [0.29, 0.717) is 0 Å². The molecule has 0 N–H and O–H groups in total. The van der Waals surface area contributed by atoms with Crippen LogP contribution in [-0.4, -0.2) is 0 Å². The van der Waals surface area contributed by atoms with Crippen molar-refractivity contribution in [2.75, 3.05) is 0 Å². The molecule has 0 amide bonds. The molecule has 3 aliphatic rings. The van der Waals surface area contributed by atoms with Crippen LogP contribution in [0.5, 0.6) is 0 Å². The van der Waals surface area contributed by atoms with E-state index in [1.54, 1.807) is 33.4 Å². The van der Waals surface area contributed by atoms with Crippen molar-refractivity contribution >= 4 is 0 Å². The molecule has 0 aliphatic heterocycles. The predicted molar refractivity (Wildman–Crippen MR) is 124 cm³/mol. The maximum Gasteiger partial charge on any atom is 0 e. The summed E-state index contributed by atoms with van der Waals surface area (Å²) in [6.07, 6.45) is 3.62. The summed E-state index contributed by atoms with van der Waals surface area (Å²) in [5.41, 5.74) is 18.3. The predicted octanol–water partition coefficient (Wildman–Crippen LogP) is 9.19. The van der Waals surface area contributed by atoms with E-state index in [4.69, 9.17) is 0 Å². The molecule has 0 aromatic carbocycles. The maximum absolute atomic E-state index is 2.22. The van der Waals surface area contributed by atoms with Crippen molar-refractivity contribution in [2.24, 2.45) is 0 Å². The van der Waals surface area contributed by atoms with E-state index in [0.717, 1.165) is 0 Å². The maximum atomic E-state index is 2.22. The van der Waals surface area contributed by atoms with Gasteiger partial charge < -0.3 is 0 Å². The molecule has 0 nitrogen and oxygen atoms in total. The largest absolute Gasteiger partial charge is 0.0661 e. The van der Waals surface area contributed by atoms with Crippen LogP contribution in [0.25, 0.3) is 0 Å². The Bertz CT molecular complexity index is 626. The van der Waals surface area contributed by atoms with E-state index in [1.807, 2.05) is 0 Å². The topological polar surface area (TPSA) is 0 Å². The van der Waals surface area contributed by atoms with Crippen LogP contribution in [0.4, 0.5) is 0 Å². The minimum atomic E-state index is 0. The van der Waals surface area contributed by atoms with Gasteiger partial charge in [-0.2, -0.15) is 0 Å². The van der Waals surface area contributed by atoms with Crippen LogP contribution in [0, 0.1) is 38.6 Å². The summed E-state index contributed by atoms with van der Waals surface area (Å²) in [4.78, 5) is 0. The Hall–Kier alpha value is -0.274. The zero-order valence-electron chi connectivity index (χ0n) is 20.5. The molecular weight excluding hydrogens is 483 g/mol. The van der Waals surface area contributed by atoms with Gasteiger partial charge in [0.1, 0.15) is 0 Å². The quantitative estimate of drug-likeness (QED) is 0.296. The van der Waals surface area contributed by atoms with Gasteiger partial charge in [0.2, 0.25) is 0 Å². The van der Waals surface area contributed by atoms with Crippen molar-refractivity contribution < 1.29 is 38.6 Å². The first-order valence-corrected chi connectivity index (χ1v) is 10.4. The molecular formula is C27H42Tb. The molecule has 0 unspecified atom stereocenters. The Morgan fingerprint density at radius 2 is 0.393 bits per heavy atom. The van der Waals surface area contributed by atoms with Gasteiger partial charge in [0.05, 0.1) is 0 Å². The third-order valence-electron chi connectivity index (χ3n) is 7.12. The number of hydrogen-bond donors (Lipinski definition) is 0. The summed E-state index contributed by atoms with van der Waals surface area (Å²) in [5, 5.41) is 0. The molecule has 0 aromatic rings. The first-order valence-electron chi connectivity index (χ1n) is 10.4. The second-order valence-electron chi connectivity index (χ2n) is 8.96. The van der Waals surface area contributed by atoms with Crippen molar-refractivity contribution in [3.8, 4) is 0 Å². The molecule has 159 valence electrons. The fourth-order valence-corrected chi connectivity index (χ4v) is 3.91. The van der Waals surface area contributed by atoms with Gasteiger partial charge in [-0.1, -0.05) is 33.4 Å².